The smallest absolute Gasteiger partial charge is 0.315 e. The number of hydrogen-bond donors (Lipinski definition) is 2. The molecule has 18 heavy (non-hydrogen) atoms. The van der Waals surface area contributed by atoms with Gasteiger partial charge in [-0.05, 0) is 38.5 Å². The van der Waals surface area contributed by atoms with Gasteiger partial charge in [0.1, 0.15) is 6.42 Å². The molecule has 0 aliphatic carbocycles. The van der Waals surface area contributed by atoms with Crippen LogP contribution in [0.1, 0.15) is 38.3 Å². The molecule has 1 aromatic rings. The molecule has 96 valence electrons. The van der Waals surface area contributed by atoms with E-state index in [2.05, 4.69) is 37.9 Å². The summed E-state index contributed by atoms with van der Waals surface area (Å²) in [6.45, 7) is 7.18. The summed E-state index contributed by atoms with van der Waals surface area (Å²) in [7, 11) is 0. The van der Waals surface area contributed by atoms with Crippen LogP contribution in [0.4, 0.5) is 0 Å². The normalized spacial score (nSPS) is 10.6. The van der Waals surface area contributed by atoms with E-state index in [-0.39, 0.29) is 12.0 Å². The number of carboxylic acids is 1. The van der Waals surface area contributed by atoms with Gasteiger partial charge in [0.15, 0.2) is 0 Å². The summed E-state index contributed by atoms with van der Waals surface area (Å²) in [6, 6.07) is 7.83. The van der Waals surface area contributed by atoms with Crippen molar-refractivity contribution >= 4 is 5.97 Å². The van der Waals surface area contributed by atoms with Gasteiger partial charge in [0.25, 0.3) is 0 Å². The highest BCUT2D eigenvalue weighted by Crippen LogP contribution is 2.06. The van der Waals surface area contributed by atoms with Crippen molar-refractivity contribution in [3.63, 3.8) is 0 Å². The number of carboxylic acid groups (broad SMARTS) is 1. The lowest BCUT2D eigenvalue weighted by Gasteiger charge is -2.20. The SMILES string of the molecule is CC(C)(C)NCc1ccc(C#CCC(=O)O)cc1. The Kier molecular flexibility index (Phi) is 4.94. The van der Waals surface area contributed by atoms with Gasteiger partial charge in [-0.3, -0.25) is 4.79 Å². The molecule has 0 spiro atoms. The monoisotopic (exact) mass is 245 g/mol. The van der Waals surface area contributed by atoms with E-state index in [1.165, 1.54) is 5.56 Å². The Hall–Kier alpha value is -1.79. The molecule has 0 aliphatic heterocycles. The van der Waals surface area contributed by atoms with Crippen molar-refractivity contribution in [3.05, 3.63) is 35.4 Å². The van der Waals surface area contributed by atoms with Crippen LogP contribution < -0.4 is 5.32 Å². The predicted octanol–water partition coefficient (Wildman–Crippen LogP) is 2.40. The largest absolute Gasteiger partial charge is 0.481 e. The lowest BCUT2D eigenvalue weighted by atomic mass is 10.1. The molecule has 0 aliphatic rings. The Morgan fingerprint density at radius 2 is 1.89 bits per heavy atom. The van der Waals surface area contributed by atoms with Gasteiger partial charge >= 0.3 is 5.97 Å². The quantitative estimate of drug-likeness (QED) is 0.804. The van der Waals surface area contributed by atoms with Gasteiger partial charge in [-0.15, -0.1) is 0 Å². The van der Waals surface area contributed by atoms with Gasteiger partial charge in [-0.2, -0.15) is 0 Å². The molecule has 0 unspecified atom stereocenters. The van der Waals surface area contributed by atoms with Crippen molar-refractivity contribution < 1.29 is 9.90 Å². The molecule has 0 bridgehead atoms. The highest BCUT2D eigenvalue weighted by atomic mass is 16.4. The van der Waals surface area contributed by atoms with Crippen LogP contribution in [-0.2, 0) is 11.3 Å². The summed E-state index contributed by atoms with van der Waals surface area (Å²) in [4.78, 5) is 10.3. The third-order valence-corrected chi connectivity index (χ3v) is 2.25. The average Bonchev–Trinajstić information content (AvgIpc) is 2.26. The van der Waals surface area contributed by atoms with Gasteiger partial charge in [-0.1, -0.05) is 24.0 Å². The Labute approximate surface area is 108 Å². The van der Waals surface area contributed by atoms with E-state index in [0.29, 0.717) is 0 Å². The Morgan fingerprint density at radius 1 is 1.28 bits per heavy atom. The number of nitrogens with one attached hydrogen (secondary N) is 1. The number of benzene rings is 1. The first-order valence-electron chi connectivity index (χ1n) is 5.91. The van der Waals surface area contributed by atoms with Crippen LogP contribution in [0.2, 0.25) is 0 Å². The fourth-order valence-electron chi connectivity index (χ4n) is 1.30. The zero-order valence-corrected chi connectivity index (χ0v) is 11.1. The van der Waals surface area contributed by atoms with Gasteiger partial charge < -0.3 is 10.4 Å². The summed E-state index contributed by atoms with van der Waals surface area (Å²) >= 11 is 0. The molecule has 0 fully saturated rings. The molecule has 1 rings (SSSR count). The fraction of sp³-hybridized carbons (Fsp3) is 0.400. The van der Waals surface area contributed by atoms with E-state index in [1.807, 2.05) is 24.3 Å². The lowest BCUT2D eigenvalue weighted by molar-refractivity contribution is -0.135. The zero-order chi connectivity index (χ0) is 13.6. The first kappa shape index (κ1) is 14.3. The van der Waals surface area contributed by atoms with Crippen LogP contribution in [-0.4, -0.2) is 16.6 Å². The second-order valence-corrected chi connectivity index (χ2v) is 5.17. The summed E-state index contributed by atoms with van der Waals surface area (Å²) in [5.41, 5.74) is 2.13. The molecule has 2 N–H and O–H groups in total. The van der Waals surface area contributed by atoms with Gasteiger partial charge in [0.05, 0.1) is 0 Å². The lowest BCUT2D eigenvalue weighted by Crippen LogP contribution is -2.35. The van der Waals surface area contributed by atoms with Crippen molar-refractivity contribution in [3.8, 4) is 11.8 Å². The fourth-order valence-corrected chi connectivity index (χ4v) is 1.30. The van der Waals surface area contributed by atoms with Crippen LogP contribution in [0, 0.1) is 11.8 Å². The maximum atomic E-state index is 10.3. The molecular weight excluding hydrogens is 226 g/mol. The van der Waals surface area contributed by atoms with E-state index in [4.69, 9.17) is 5.11 Å². The van der Waals surface area contributed by atoms with Crippen molar-refractivity contribution in [2.75, 3.05) is 0 Å². The highest BCUT2D eigenvalue weighted by molar-refractivity contribution is 5.70. The van der Waals surface area contributed by atoms with E-state index >= 15 is 0 Å². The molecule has 1 aromatic carbocycles. The first-order chi connectivity index (χ1) is 8.37. The molecule has 0 saturated heterocycles. The second-order valence-electron chi connectivity index (χ2n) is 5.17. The topological polar surface area (TPSA) is 49.3 Å². The summed E-state index contributed by atoms with van der Waals surface area (Å²) < 4.78 is 0. The Morgan fingerprint density at radius 3 is 2.39 bits per heavy atom. The standard InChI is InChI=1S/C15H19NO2/c1-15(2,3)16-11-13-9-7-12(8-10-13)5-4-6-14(17)18/h7-10,16H,6,11H2,1-3H3,(H,17,18). The number of carbonyl (C=O) groups is 1. The van der Waals surface area contributed by atoms with Crippen LogP contribution in [0.3, 0.4) is 0 Å². The number of hydrogen-bond acceptors (Lipinski definition) is 2. The van der Waals surface area contributed by atoms with Crippen molar-refractivity contribution in [1.29, 1.82) is 0 Å². The maximum Gasteiger partial charge on any atom is 0.315 e. The summed E-state index contributed by atoms with van der Waals surface area (Å²) in [6.07, 6.45) is -0.118. The minimum Gasteiger partial charge on any atom is -0.481 e. The zero-order valence-electron chi connectivity index (χ0n) is 11.1. The minimum absolute atomic E-state index is 0.0972. The van der Waals surface area contributed by atoms with Crippen molar-refractivity contribution in [2.24, 2.45) is 0 Å². The maximum absolute atomic E-state index is 10.3. The van der Waals surface area contributed by atoms with Crippen molar-refractivity contribution in [1.82, 2.24) is 5.32 Å². The summed E-state index contributed by atoms with van der Waals surface area (Å²) in [5.74, 6) is 4.54. The molecule has 0 heterocycles. The van der Waals surface area contributed by atoms with Crippen LogP contribution in [0.15, 0.2) is 24.3 Å². The number of rotatable bonds is 3. The summed E-state index contributed by atoms with van der Waals surface area (Å²) in [5, 5.41) is 11.9. The Balaban J connectivity index is 2.57. The molecule has 0 atom stereocenters. The van der Waals surface area contributed by atoms with Crippen molar-refractivity contribution in [2.45, 2.75) is 39.3 Å². The van der Waals surface area contributed by atoms with E-state index in [0.717, 1.165) is 12.1 Å². The minimum atomic E-state index is -0.895. The first-order valence-corrected chi connectivity index (χ1v) is 5.91. The highest BCUT2D eigenvalue weighted by Gasteiger charge is 2.07. The van der Waals surface area contributed by atoms with E-state index in [1.54, 1.807) is 0 Å². The van der Waals surface area contributed by atoms with Gasteiger partial charge in [-0.25, -0.2) is 0 Å². The third kappa shape index (κ3) is 6.07. The molecule has 0 saturated carbocycles. The molecule has 3 nitrogen and oxygen atoms in total. The van der Waals surface area contributed by atoms with Gasteiger partial charge in [0.2, 0.25) is 0 Å². The Bertz CT molecular complexity index is 458. The van der Waals surface area contributed by atoms with E-state index < -0.39 is 5.97 Å². The van der Waals surface area contributed by atoms with Gasteiger partial charge in [0, 0.05) is 17.6 Å². The van der Waals surface area contributed by atoms with Crippen LogP contribution in [0.5, 0.6) is 0 Å². The number of aliphatic carboxylic acids is 1. The molecular formula is C15H19NO2. The molecule has 0 aromatic heterocycles. The second kappa shape index (κ2) is 6.23. The molecule has 0 radical (unpaired) electrons. The molecule has 0 amide bonds. The third-order valence-electron chi connectivity index (χ3n) is 2.25. The van der Waals surface area contributed by atoms with E-state index in [9.17, 15) is 4.79 Å². The predicted molar refractivity (Wildman–Crippen MR) is 72.2 cm³/mol. The average molecular weight is 245 g/mol. The van der Waals surface area contributed by atoms with Crippen LogP contribution >= 0.6 is 0 Å². The molecule has 3 heteroatoms. The van der Waals surface area contributed by atoms with Crippen LogP contribution in [0.25, 0.3) is 0 Å².